The number of hydrogen-bond acceptors (Lipinski definition) is 4. The van der Waals surface area contributed by atoms with Crippen LogP contribution in [0.1, 0.15) is 11.1 Å². The van der Waals surface area contributed by atoms with E-state index >= 15 is 0 Å². The van der Waals surface area contributed by atoms with Crippen LogP contribution in [0, 0.1) is 6.92 Å². The van der Waals surface area contributed by atoms with Crippen LogP contribution < -0.4 is 14.9 Å². The summed E-state index contributed by atoms with van der Waals surface area (Å²) < 4.78 is 26.9. The van der Waals surface area contributed by atoms with Crippen molar-refractivity contribution in [1.29, 1.82) is 0 Å². The maximum absolute atomic E-state index is 12.8. The number of anilines is 2. The quantitative estimate of drug-likeness (QED) is 0.418. The van der Waals surface area contributed by atoms with E-state index in [-0.39, 0.29) is 15.9 Å². The standard InChI is InChI=1S/C24H23N3O3S2/c1-18-8-10-19(11-9-18)12-17-23(28)26-24(31)25-20-13-15-22(16-14-20)32(29,30)27(2)21-6-4-3-5-7-21/h3-17H,1-2H3,(H2,25,26,28,31). The Morgan fingerprint density at radius 1 is 0.938 bits per heavy atom. The topological polar surface area (TPSA) is 78.5 Å². The Kier molecular flexibility index (Phi) is 7.40. The Hall–Kier alpha value is -3.49. The first-order valence-corrected chi connectivity index (χ1v) is 11.6. The van der Waals surface area contributed by atoms with Crippen LogP contribution in [0.15, 0.2) is 89.8 Å². The summed E-state index contributed by atoms with van der Waals surface area (Å²) in [4.78, 5) is 12.2. The molecule has 0 fully saturated rings. The van der Waals surface area contributed by atoms with E-state index < -0.39 is 10.0 Å². The number of nitrogens with one attached hydrogen (secondary N) is 2. The van der Waals surface area contributed by atoms with Crippen molar-refractivity contribution in [3.63, 3.8) is 0 Å². The van der Waals surface area contributed by atoms with Gasteiger partial charge in [-0.25, -0.2) is 8.42 Å². The number of nitrogens with zero attached hydrogens (tertiary/aromatic N) is 1. The molecule has 1 amide bonds. The third-order valence-corrected chi connectivity index (χ3v) is 6.64. The molecule has 32 heavy (non-hydrogen) atoms. The van der Waals surface area contributed by atoms with Gasteiger partial charge in [0, 0.05) is 18.8 Å². The maximum atomic E-state index is 12.8. The molecule has 8 heteroatoms. The summed E-state index contributed by atoms with van der Waals surface area (Å²) in [5.74, 6) is -0.369. The Bertz CT molecular complexity index is 1220. The van der Waals surface area contributed by atoms with Crippen molar-refractivity contribution in [1.82, 2.24) is 5.32 Å². The van der Waals surface area contributed by atoms with E-state index in [2.05, 4.69) is 10.6 Å². The molecule has 0 aliphatic heterocycles. The first-order valence-electron chi connectivity index (χ1n) is 9.76. The van der Waals surface area contributed by atoms with Crippen LogP contribution in [-0.4, -0.2) is 26.5 Å². The molecule has 0 heterocycles. The number of para-hydroxylation sites is 1. The molecule has 2 N–H and O–H groups in total. The Balaban J connectivity index is 1.59. The highest BCUT2D eigenvalue weighted by atomic mass is 32.2. The molecule has 3 aromatic carbocycles. The van der Waals surface area contributed by atoms with E-state index in [4.69, 9.17) is 12.2 Å². The normalized spacial score (nSPS) is 11.2. The van der Waals surface area contributed by atoms with Crippen molar-refractivity contribution in [3.05, 3.63) is 96.1 Å². The number of rotatable bonds is 6. The number of aryl methyl sites for hydroxylation is 1. The molecule has 0 aromatic heterocycles. The van der Waals surface area contributed by atoms with Crippen molar-refractivity contribution >= 4 is 50.7 Å². The summed E-state index contributed by atoms with van der Waals surface area (Å²) in [6, 6.07) is 22.7. The molecular weight excluding hydrogens is 442 g/mol. The molecule has 0 aliphatic rings. The van der Waals surface area contributed by atoms with Gasteiger partial charge < -0.3 is 5.32 Å². The lowest BCUT2D eigenvalue weighted by Gasteiger charge is -2.19. The summed E-state index contributed by atoms with van der Waals surface area (Å²) >= 11 is 5.17. The van der Waals surface area contributed by atoms with Crippen molar-refractivity contribution in [2.45, 2.75) is 11.8 Å². The van der Waals surface area contributed by atoms with Crippen LogP contribution in [-0.2, 0) is 14.8 Å². The highest BCUT2D eigenvalue weighted by molar-refractivity contribution is 7.92. The number of benzene rings is 3. The van der Waals surface area contributed by atoms with Crippen LogP contribution >= 0.6 is 12.2 Å². The third-order valence-electron chi connectivity index (χ3n) is 4.63. The Morgan fingerprint density at radius 2 is 1.56 bits per heavy atom. The SMILES string of the molecule is Cc1ccc(C=CC(=O)NC(=S)Nc2ccc(S(=O)(=O)N(C)c3ccccc3)cc2)cc1. The molecule has 0 atom stereocenters. The number of carbonyl (C=O) groups excluding carboxylic acids is 1. The minimum atomic E-state index is -3.70. The second-order valence-electron chi connectivity index (χ2n) is 7.02. The Morgan fingerprint density at radius 3 is 2.19 bits per heavy atom. The zero-order chi connectivity index (χ0) is 23.1. The summed E-state index contributed by atoms with van der Waals surface area (Å²) in [6.45, 7) is 1.99. The van der Waals surface area contributed by atoms with E-state index in [1.807, 2.05) is 37.3 Å². The molecule has 0 bridgehead atoms. The van der Waals surface area contributed by atoms with Crippen molar-refractivity contribution in [2.75, 3.05) is 16.7 Å². The van der Waals surface area contributed by atoms with Crippen molar-refractivity contribution in [2.24, 2.45) is 0 Å². The van der Waals surface area contributed by atoms with Gasteiger partial charge in [-0.1, -0.05) is 48.0 Å². The van der Waals surface area contributed by atoms with Crippen molar-refractivity contribution in [3.8, 4) is 0 Å². The maximum Gasteiger partial charge on any atom is 0.264 e. The lowest BCUT2D eigenvalue weighted by molar-refractivity contribution is -0.115. The predicted molar refractivity (Wildman–Crippen MR) is 133 cm³/mol. The monoisotopic (exact) mass is 465 g/mol. The average Bonchev–Trinajstić information content (AvgIpc) is 2.79. The lowest BCUT2D eigenvalue weighted by atomic mass is 10.1. The van der Waals surface area contributed by atoms with Gasteiger partial charge in [0.2, 0.25) is 5.91 Å². The van der Waals surface area contributed by atoms with E-state index in [0.717, 1.165) is 11.1 Å². The molecule has 3 aromatic rings. The second-order valence-corrected chi connectivity index (χ2v) is 9.40. The predicted octanol–water partition coefficient (Wildman–Crippen LogP) is 4.35. The summed E-state index contributed by atoms with van der Waals surface area (Å²) in [5, 5.41) is 5.55. The van der Waals surface area contributed by atoms with Crippen LogP contribution in [0.25, 0.3) is 6.08 Å². The number of amides is 1. The van der Waals surface area contributed by atoms with E-state index in [1.165, 1.54) is 29.6 Å². The molecule has 6 nitrogen and oxygen atoms in total. The number of thiocarbonyl (C=S) groups is 1. The highest BCUT2D eigenvalue weighted by Gasteiger charge is 2.21. The van der Waals surface area contributed by atoms with E-state index in [1.54, 1.807) is 42.5 Å². The summed E-state index contributed by atoms with van der Waals surface area (Å²) in [7, 11) is -2.19. The van der Waals surface area contributed by atoms with E-state index in [9.17, 15) is 13.2 Å². The molecule has 0 aliphatic carbocycles. The number of hydrogen-bond donors (Lipinski definition) is 2. The lowest BCUT2D eigenvalue weighted by Crippen LogP contribution is -2.32. The van der Waals surface area contributed by atoms with Gasteiger partial charge in [-0.2, -0.15) is 0 Å². The van der Waals surface area contributed by atoms with Crippen LogP contribution in [0.2, 0.25) is 0 Å². The molecule has 0 radical (unpaired) electrons. The molecule has 0 saturated heterocycles. The van der Waals surface area contributed by atoms with Gasteiger partial charge in [0.1, 0.15) is 0 Å². The molecule has 3 rings (SSSR count). The van der Waals surface area contributed by atoms with Gasteiger partial charge in [-0.3, -0.25) is 14.4 Å². The molecule has 164 valence electrons. The number of sulfonamides is 1. The minimum absolute atomic E-state index is 0.112. The van der Waals surface area contributed by atoms with Gasteiger partial charge >= 0.3 is 0 Å². The van der Waals surface area contributed by atoms with Gasteiger partial charge in [0.05, 0.1) is 10.6 Å². The van der Waals surface area contributed by atoms with Gasteiger partial charge in [0.15, 0.2) is 5.11 Å². The summed E-state index contributed by atoms with van der Waals surface area (Å²) in [6.07, 6.45) is 3.09. The number of carbonyl (C=O) groups is 1. The second kappa shape index (κ2) is 10.2. The van der Waals surface area contributed by atoms with Gasteiger partial charge in [0.25, 0.3) is 10.0 Å². The van der Waals surface area contributed by atoms with Gasteiger partial charge in [-0.05, 0) is 67.2 Å². The van der Waals surface area contributed by atoms with Crippen LogP contribution in [0.3, 0.4) is 0 Å². The van der Waals surface area contributed by atoms with Crippen LogP contribution in [0.4, 0.5) is 11.4 Å². The molecular formula is C24H23N3O3S2. The average molecular weight is 466 g/mol. The molecule has 0 spiro atoms. The van der Waals surface area contributed by atoms with E-state index in [0.29, 0.717) is 11.4 Å². The zero-order valence-corrected chi connectivity index (χ0v) is 19.3. The smallest absolute Gasteiger partial charge is 0.264 e. The Labute approximate surface area is 193 Å². The first-order chi connectivity index (χ1) is 15.3. The van der Waals surface area contributed by atoms with Crippen molar-refractivity contribution < 1.29 is 13.2 Å². The highest BCUT2D eigenvalue weighted by Crippen LogP contribution is 2.22. The minimum Gasteiger partial charge on any atom is -0.332 e. The summed E-state index contributed by atoms with van der Waals surface area (Å²) in [5.41, 5.74) is 3.17. The molecule has 0 unspecified atom stereocenters. The van der Waals surface area contributed by atoms with Crippen LogP contribution in [0.5, 0.6) is 0 Å². The fourth-order valence-electron chi connectivity index (χ4n) is 2.81. The third kappa shape index (κ3) is 6.03. The first kappa shape index (κ1) is 23.2. The largest absolute Gasteiger partial charge is 0.332 e. The fraction of sp³-hybridized carbons (Fsp3) is 0.0833. The fourth-order valence-corrected chi connectivity index (χ4v) is 4.22. The molecule has 0 saturated carbocycles. The zero-order valence-electron chi connectivity index (χ0n) is 17.6. The van der Waals surface area contributed by atoms with Gasteiger partial charge in [-0.15, -0.1) is 0 Å².